The van der Waals surface area contributed by atoms with E-state index in [9.17, 15) is 4.79 Å². The van der Waals surface area contributed by atoms with Gasteiger partial charge in [-0.05, 0) is 67.8 Å². The van der Waals surface area contributed by atoms with E-state index in [-0.39, 0.29) is 5.76 Å². The maximum Gasteiger partial charge on any atom is 0.284 e. The first-order chi connectivity index (χ1) is 14.6. The zero-order valence-electron chi connectivity index (χ0n) is 16.7. The summed E-state index contributed by atoms with van der Waals surface area (Å²) in [6.45, 7) is 2.25. The van der Waals surface area contributed by atoms with Crippen molar-refractivity contribution in [1.29, 1.82) is 0 Å². The van der Waals surface area contributed by atoms with E-state index in [1.165, 1.54) is 10.9 Å². The Morgan fingerprint density at radius 3 is 2.87 bits per heavy atom. The van der Waals surface area contributed by atoms with E-state index in [0.717, 1.165) is 48.9 Å². The summed E-state index contributed by atoms with van der Waals surface area (Å²) >= 11 is 0. The highest BCUT2D eigenvalue weighted by Gasteiger charge is 2.09. The number of nitrogens with one attached hydrogen (secondary N) is 2. The van der Waals surface area contributed by atoms with Crippen LogP contribution >= 0.6 is 0 Å². The van der Waals surface area contributed by atoms with Gasteiger partial charge in [0.05, 0.1) is 0 Å². The molecule has 0 fully saturated rings. The number of furan rings is 1. The predicted molar refractivity (Wildman–Crippen MR) is 119 cm³/mol. The number of unbranched alkanes of at least 4 members (excludes halogenated alkanes) is 1. The van der Waals surface area contributed by atoms with E-state index in [1.807, 2.05) is 30.3 Å². The Bertz CT molecular complexity index is 1160. The first-order valence-electron chi connectivity index (χ1n) is 10.1. The molecule has 0 bridgehead atoms. The molecule has 2 aromatic heterocycles. The molecule has 7 heteroatoms. The maximum atomic E-state index is 11.2. The first kappa shape index (κ1) is 19.8. The summed E-state index contributed by atoms with van der Waals surface area (Å²) in [5.41, 5.74) is 15.0. The van der Waals surface area contributed by atoms with Crippen LogP contribution in [0.4, 0.5) is 5.69 Å². The van der Waals surface area contributed by atoms with Gasteiger partial charge in [-0.1, -0.05) is 0 Å². The molecule has 0 unspecified atom stereocenters. The van der Waals surface area contributed by atoms with Crippen LogP contribution in [-0.2, 0) is 6.42 Å². The van der Waals surface area contributed by atoms with Crippen LogP contribution in [0.15, 0.2) is 53.1 Å². The monoisotopic (exact) mass is 406 g/mol. The normalized spacial score (nSPS) is 11.3. The average molecular weight is 406 g/mol. The van der Waals surface area contributed by atoms with Crippen molar-refractivity contribution in [2.24, 2.45) is 5.73 Å². The molecule has 0 aliphatic carbocycles. The highest BCUT2D eigenvalue weighted by Crippen LogP contribution is 2.24. The summed E-state index contributed by atoms with van der Waals surface area (Å²) in [5, 5.41) is 5.44. The van der Waals surface area contributed by atoms with Crippen molar-refractivity contribution in [1.82, 2.24) is 10.3 Å². The number of rotatable bonds is 10. The molecule has 2 aromatic carbocycles. The smallest absolute Gasteiger partial charge is 0.284 e. The number of benzene rings is 2. The van der Waals surface area contributed by atoms with E-state index in [0.29, 0.717) is 17.9 Å². The SMILES string of the molecule is NC(=O)c1cc2ccc(OCCNCCCCc3c[nH]c4ccc(N)cc34)cc2o1. The quantitative estimate of drug-likeness (QED) is 0.237. The van der Waals surface area contributed by atoms with E-state index in [4.69, 9.17) is 20.6 Å². The van der Waals surface area contributed by atoms with Crippen LogP contribution in [0.1, 0.15) is 29.0 Å². The lowest BCUT2D eigenvalue weighted by atomic mass is 10.1. The number of fused-ring (bicyclic) bond motifs is 2. The van der Waals surface area contributed by atoms with Gasteiger partial charge in [-0.3, -0.25) is 4.79 Å². The summed E-state index contributed by atoms with van der Waals surface area (Å²) in [6, 6.07) is 13.1. The number of aromatic amines is 1. The second-order valence-corrected chi connectivity index (χ2v) is 7.35. The van der Waals surface area contributed by atoms with Gasteiger partial charge in [0, 0.05) is 40.8 Å². The lowest BCUT2D eigenvalue weighted by Crippen LogP contribution is -2.22. The molecule has 1 amide bonds. The molecule has 30 heavy (non-hydrogen) atoms. The molecule has 0 radical (unpaired) electrons. The van der Waals surface area contributed by atoms with E-state index in [1.54, 1.807) is 12.1 Å². The van der Waals surface area contributed by atoms with Gasteiger partial charge >= 0.3 is 0 Å². The summed E-state index contributed by atoms with van der Waals surface area (Å²) in [6.07, 6.45) is 5.29. The number of amides is 1. The zero-order valence-corrected chi connectivity index (χ0v) is 16.7. The Kier molecular flexibility index (Phi) is 5.90. The highest BCUT2D eigenvalue weighted by molar-refractivity contribution is 5.95. The minimum Gasteiger partial charge on any atom is -0.492 e. The van der Waals surface area contributed by atoms with Gasteiger partial charge in [-0.15, -0.1) is 0 Å². The molecule has 0 aliphatic heterocycles. The molecule has 6 N–H and O–H groups in total. The molecule has 4 rings (SSSR count). The standard InChI is InChI=1S/C23H26N4O3/c24-17-5-7-20-19(12-17)16(14-27-20)3-1-2-8-26-9-10-29-18-6-4-15-11-22(23(25)28)30-21(15)13-18/h4-7,11-14,26-27H,1-3,8-10,24H2,(H2,25,28). The number of nitrogen functional groups attached to an aromatic ring is 1. The number of primary amides is 1. The molecule has 0 atom stereocenters. The lowest BCUT2D eigenvalue weighted by molar-refractivity contribution is 0.0976. The van der Waals surface area contributed by atoms with Crippen molar-refractivity contribution in [3.63, 3.8) is 0 Å². The minimum absolute atomic E-state index is 0.153. The number of hydrogen-bond acceptors (Lipinski definition) is 5. The molecular formula is C23H26N4O3. The average Bonchev–Trinajstić information content (AvgIpc) is 3.33. The maximum absolute atomic E-state index is 11.2. The second kappa shape index (κ2) is 8.92. The fourth-order valence-electron chi connectivity index (χ4n) is 3.56. The minimum atomic E-state index is -0.577. The molecule has 0 saturated heterocycles. The number of hydrogen-bond donors (Lipinski definition) is 4. The number of aromatic nitrogens is 1. The highest BCUT2D eigenvalue weighted by atomic mass is 16.5. The number of nitrogens with two attached hydrogens (primary N) is 2. The summed E-state index contributed by atoms with van der Waals surface area (Å²) in [5.74, 6) is 0.278. The largest absolute Gasteiger partial charge is 0.492 e. The van der Waals surface area contributed by atoms with Gasteiger partial charge in [0.1, 0.15) is 17.9 Å². The summed E-state index contributed by atoms with van der Waals surface area (Å²) < 4.78 is 11.2. The Labute approximate surface area is 174 Å². The molecule has 156 valence electrons. The van der Waals surface area contributed by atoms with Crippen LogP contribution in [-0.4, -0.2) is 30.6 Å². The number of aryl methyl sites for hydroxylation is 1. The van der Waals surface area contributed by atoms with Crippen molar-refractivity contribution in [2.45, 2.75) is 19.3 Å². The van der Waals surface area contributed by atoms with Crippen molar-refractivity contribution in [3.05, 3.63) is 60.0 Å². The molecule has 7 nitrogen and oxygen atoms in total. The molecule has 0 aliphatic rings. The number of carbonyl (C=O) groups is 1. The third-order valence-corrected chi connectivity index (χ3v) is 5.12. The third-order valence-electron chi connectivity index (χ3n) is 5.12. The number of anilines is 1. The van der Waals surface area contributed by atoms with Gasteiger partial charge < -0.3 is 30.9 Å². The fraction of sp³-hybridized carbons (Fsp3) is 0.261. The van der Waals surface area contributed by atoms with Crippen LogP contribution in [0, 0.1) is 0 Å². The van der Waals surface area contributed by atoms with Crippen LogP contribution < -0.4 is 21.5 Å². The number of ether oxygens (including phenoxy) is 1. The van der Waals surface area contributed by atoms with Gasteiger partial charge in [0.2, 0.25) is 0 Å². The number of H-pyrrole nitrogens is 1. The Balaban J connectivity index is 1.15. The topological polar surface area (TPSA) is 119 Å². The van der Waals surface area contributed by atoms with Crippen molar-refractivity contribution < 1.29 is 13.9 Å². The van der Waals surface area contributed by atoms with Crippen LogP contribution in [0.2, 0.25) is 0 Å². The van der Waals surface area contributed by atoms with Gasteiger partial charge in [-0.2, -0.15) is 0 Å². The van der Waals surface area contributed by atoms with Gasteiger partial charge in [0.15, 0.2) is 5.76 Å². The second-order valence-electron chi connectivity index (χ2n) is 7.35. The first-order valence-corrected chi connectivity index (χ1v) is 10.1. The lowest BCUT2D eigenvalue weighted by Gasteiger charge is -2.07. The van der Waals surface area contributed by atoms with Gasteiger partial charge in [0.25, 0.3) is 5.91 Å². The molecule has 2 heterocycles. The Morgan fingerprint density at radius 2 is 2.00 bits per heavy atom. The summed E-state index contributed by atoms with van der Waals surface area (Å²) in [7, 11) is 0. The van der Waals surface area contributed by atoms with Gasteiger partial charge in [-0.25, -0.2) is 0 Å². The molecular weight excluding hydrogens is 380 g/mol. The van der Waals surface area contributed by atoms with Crippen LogP contribution in [0.25, 0.3) is 21.9 Å². The molecule has 4 aromatic rings. The van der Waals surface area contributed by atoms with Crippen molar-refractivity contribution >= 4 is 33.5 Å². The fourth-order valence-corrected chi connectivity index (χ4v) is 3.56. The predicted octanol–water partition coefficient (Wildman–Crippen LogP) is 3.59. The van der Waals surface area contributed by atoms with E-state index < -0.39 is 5.91 Å². The van der Waals surface area contributed by atoms with E-state index in [2.05, 4.69) is 16.5 Å². The summed E-state index contributed by atoms with van der Waals surface area (Å²) in [4.78, 5) is 14.5. The van der Waals surface area contributed by atoms with Crippen LogP contribution in [0.3, 0.4) is 0 Å². The zero-order chi connectivity index (χ0) is 20.9. The number of carbonyl (C=O) groups excluding carboxylic acids is 1. The molecule has 0 spiro atoms. The van der Waals surface area contributed by atoms with Crippen molar-refractivity contribution in [2.75, 3.05) is 25.4 Å². The Morgan fingerprint density at radius 1 is 1.10 bits per heavy atom. The third kappa shape index (κ3) is 4.58. The van der Waals surface area contributed by atoms with E-state index >= 15 is 0 Å². The molecule has 0 saturated carbocycles. The van der Waals surface area contributed by atoms with Crippen molar-refractivity contribution in [3.8, 4) is 5.75 Å². The van der Waals surface area contributed by atoms with Crippen LogP contribution in [0.5, 0.6) is 5.75 Å². The Hall–Kier alpha value is -3.45.